The molecule has 8 heteroatoms. The number of thiazole rings is 1. The van der Waals surface area contributed by atoms with Gasteiger partial charge in [0.25, 0.3) is 5.91 Å². The zero-order valence-corrected chi connectivity index (χ0v) is 21.8. The zero-order valence-electron chi connectivity index (χ0n) is 19.4. The predicted molar refractivity (Wildman–Crippen MR) is 150 cm³/mol. The molecule has 4 aromatic rings. The molecule has 5 rings (SSSR count). The molecular weight excluding hydrogens is 510 g/mol. The number of aromatic nitrogens is 1. The first-order valence-corrected chi connectivity index (χ1v) is 13.4. The standard InChI is InChI=1S/C28H22ClN3O2S2/c1-2-32-26(33)25(36-28(32)31-27-30-24(18-35-27)21-6-4-3-5-7-21)16-19-10-14-23(15-11-19)34-17-20-8-12-22(29)13-9-20/h3-16,18H,2,17H2,1H3/b25-16-,31-28+. The van der Waals surface area contributed by atoms with Crippen LogP contribution in [0.2, 0.25) is 5.02 Å². The number of hydrogen-bond acceptors (Lipinski definition) is 6. The Morgan fingerprint density at radius 3 is 2.50 bits per heavy atom. The number of hydrogen-bond donors (Lipinski definition) is 0. The van der Waals surface area contributed by atoms with E-state index >= 15 is 0 Å². The Morgan fingerprint density at radius 2 is 1.78 bits per heavy atom. The van der Waals surface area contributed by atoms with Crippen LogP contribution in [0, 0.1) is 0 Å². The Balaban J connectivity index is 1.28. The monoisotopic (exact) mass is 531 g/mol. The lowest BCUT2D eigenvalue weighted by Gasteiger charge is -2.11. The molecule has 1 aliphatic rings. The number of halogens is 1. The number of likely N-dealkylation sites (N-methyl/N-ethyl adjacent to an activating group) is 1. The number of ether oxygens (including phenoxy) is 1. The van der Waals surface area contributed by atoms with Crippen molar-refractivity contribution in [2.45, 2.75) is 13.5 Å². The van der Waals surface area contributed by atoms with Gasteiger partial charge >= 0.3 is 0 Å². The van der Waals surface area contributed by atoms with Crippen LogP contribution in [0.15, 0.2) is 94.1 Å². The third-order valence-corrected chi connectivity index (χ3v) is 7.45. The molecule has 36 heavy (non-hydrogen) atoms. The van der Waals surface area contributed by atoms with E-state index in [9.17, 15) is 4.79 Å². The van der Waals surface area contributed by atoms with E-state index in [2.05, 4.69) is 4.98 Å². The van der Waals surface area contributed by atoms with Crippen LogP contribution in [0.4, 0.5) is 5.13 Å². The summed E-state index contributed by atoms with van der Waals surface area (Å²) in [6.45, 7) is 2.94. The van der Waals surface area contributed by atoms with Gasteiger partial charge in [-0.2, -0.15) is 4.99 Å². The number of amides is 1. The van der Waals surface area contributed by atoms with Gasteiger partial charge in [0.05, 0.1) is 10.6 Å². The lowest BCUT2D eigenvalue weighted by Crippen LogP contribution is -2.28. The number of thioether (sulfide) groups is 1. The second-order valence-corrected chi connectivity index (χ2v) is 10.2. The zero-order chi connectivity index (χ0) is 24.9. The molecule has 2 heterocycles. The van der Waals surface area contributed by atoms with Gasteiger partial charge in [0.2, 0.25) is 5.13 Å². The van der Waals surface area contributed by atoms with E-state index in [0.717, 1.165) is 28.1 Å². The number of nitrogens with zero attached hydrogens (tertiary/aromatic N) is 3. The highest BCUT2D eigenvalue weighted by atomic mass is 35.5. The Labute approximate surface area is 223 Å². The Kier molecular flexibility index (Phi) is 7.51. The molecule has 180 valence electrons. The molecule has 0 N–H and O–H groups in total. The van der Waals surface area contributed by atoms with Crippen LogP contribution in [-0.2, 0) is 11.4 Å². The number of carbonyl (C=O) groups excluding carboxylic acids is 1. The largest absolute Gasteiger partial charge is 0.489 e. The molecule has 1 aliphatic heterocycles. The molecule has 0 unspecified atom stereocenters. The van der Waals surface area contributed by atoms with Gasteiger partial charge in [0.15, 0.2) is 5.17 Å². The molecule has 1 amide bonds. The van der Waals surface area contributed by atoms with Crippen molar-refractivity contribution in [3.8, 4) is 17.0 Å². The van der Waals surface area contributed by atoms with Crippen LogP contribution in [0.1, 0.15) is 18.1 Å². The van der Waals surface area contributed by atoms with Crippen LogP contribution < -0.4 is 4.74 Å². The first-order chi connectivity index (χ1) is 17.6. The highest BCUT2D eigenvalue weighted by molar-refractivity contribution is 8.18. The minimum atomic E-state index is -0.0517. The van der Waals surface area contributed by atoms with E-state index in [1.807, 2.05) is 97.2 Å². The first-order valence-electron chi connectivity index (χ1n) is 11.4. The summed E-state index contributed by atoms with van der Waals surface area (Å²) in [5.74, 6) is 0.706. The normalized spacial score (nSPS) is 15.7. The quantitative estimate of drug-likeness (QED) is 0.230. The fraction of sp³-hybridized carbons (Fsp3) is 0.107. The molecule has 0 atom stereocenters. The van der Waals surface area contributed by atoms with Crippen LogP contribution in [0.3, 0.4) is 0 Å². The van der Waals surface area contributed by atoms with E-state index in [1.165, 1.54) is 23.1 Å². The third kappa shape index (κ3) is 5.70. The fourth-order valence-electron chi connectivity index (χ4n) is 3.57. The Morgan fingerprint density at radius 1 is 1.03 bits per heavy atom. The maximum absolute atomic E-state index is 13.0. The van der Waals surface area contributed by atoms with Crippen molar-refractivity contribution >= 4 is 57.0 Å². The number of rotatable bonds is 7. The molecule has 0 spiro atoms. The van der Waals surface area contributed by atoms with Gasteiger partial charge in [-0.15, -0.1) is 11.3 Å². The molecule has 0 radical (unpaired) electrons. The highest BCUT2D eigenvalue weighted by Gasteiger charge is 2.32. The summed E-state index contributed by atoms with van der Waals surface area (Å²) in [7, 11) is 0. The summed E-state index contributed by atoms with van der Waals surface area (Å²) >= 11 is 8.77. The van der Waals surface area contributed by atoms with Crippen LogP contribution in [-0.4, -0.2) is 27.5 Å². The van der Waals surface area contributed by atoms with E-state index in [0.29, 0.717) is 33.4 Å². The molecule has 3 aromatic carbocycles. The number of carbonyl (C=O) groups is 1. The topological polar surface area (TPSA) is 54.8 Å². The molecule has 1 aromatic heterocycles. The Bertz CT molecular complexity index is 1420. The third-order valence-electron chi connectivity index (χ3n) is 5.45. The molecule has 0 aliphatic carbocycles. The first kappa shape index (κ1) is 24.3. The lowest BCUT2D eigenvalue weighted by atomic mass is 10.2. The van der Waals surface area contributed by atoms with E-state index < -0.39 is 0 Å². The molecule has 1 saturated heterocycles. The maximum Gasteiger partial charge on any atom is 0.266 e. The van der Waals surface area contributed by atoms with Crippen molar-refractivity contribution in [3.05, 3.63) is 105 Å². The summed E-state index contributed by atoms with van der Waals surface area (Å²) < 4.78 is 5.86. The minimum absolute atomic E-state index is 0.0517. The summed E-state index contributed by atoms with van der Waals surface area (Å²) in [5.41, 5.74) is 3.89. The van der Waals surface area contributed by atoms with Gasteiger partial charge in [-0.25, -0.2) is 4.98 Å². The molecule has 1 fully saturated rings. The van der Waals surface area contributed by atoms with Crippen LogP contribution in [0.5, 0.6) is 5.75 Å². The van der Waals surface area contributed by atoms with Gasteiger partial charge in [-0.1, -0.05) is 66.2 Å². The van der Waals surface area contributed by atoms with Crippen molar-refractivity contribution in [2.24, 2.45) is 4.99 Å². The number of aliphatic imine (C=N–C) groups is 1. The predicted octanol–water partition coefficient (Wildman–Crippen LogP) is 7.67. The number of benzene rings is 3. The van der Waals surface area contributed by atoms with Crippen LogP contribution >= 0.6 is 34.7 Å². The van der Waals surface area contributed by atoms with Gasteiger partial charge in [-0.3, -0.25) is 9.69 Å². The molecule has 5 nitrogen and oxygen atoms in total. The lowest BCUT2D eigenvalue weighted by molar-refractivity contribution is -0.122. The molecule has 0 saturated carbocycles. The summed E-state index contributed by atoms with van der Waals surface area (Å²) in [6, 6.07) is 25.3. The second kappa shape index (κ2) is 11.1. The van der Waals surface area contributed by atoms with E-state index in [4.69, 9.17) is 21.3 Å². The fourth-order valence-corrected chi connectivity index (χ4v) is 5.49. The van der Waals surface area contributed by atoms with Crippen molar-refractivity contribution in [1.29, 1.82) is 0 Å². The average molecular weight is 532 g/mol. The summed E-state index contributed by atoms with van der Waals surface area (Å²) in [6.07, 6.45) is 1.89. The van der Waals surface area contributed by atoms with Crippen molar-refractivity contribution in [3.63, 3.8) is 0 Å². The van der Waals surface area contributed by atoms with E-state index in [1.54, 1.807) is 4.90 Å². The molecular formula is C28H22ClN3O2S2. The van der Waals surface area contributed by atoms with Gasteiger partial charge in [0.1, 0.15) is 12.4 Å². The van der Waals surface area contributed by atoms with Gasteiger partial charge in [-0.05, 0) is 60.2 Å². The van der Waals surface area contributed by atoms with Crippen LogP contribution in [0.25, 0.3) is 17.3 Å². The Hall–Kier alpha value is -3.39. The average Bonchev–Trinajstić information content (AvgIpc) is 3.49. The summed E-state index contributed by atoms with van der Waals surface area (Å²) in [5, 5.41) is 3.96. The minimum Gasteiger partial charge on any atom is -0.489 e. The van der Waals surface area contributed by atoms with Crippen molar-refractivity contribution in [2.75, 3.05) is 6.54 Å². The summed E-state index contributed by atoms with van der Waals surface area (Å²) in [4.78, 5) is 24.7. The van der Waals surface area contributed by atoms with Gasteiger partial charge in [0, 0.05) is 22.5 Å². The van der Waals surface area contributed by atoms with E-state index in [-0.39, 0.29) is 5.91 Å². The number of amidine groups is 1. The molecule has 0 bridgehead atoms. The highest BCUT2D eigenvalue weighted by Crippen LogP contribution is 2.35. The maximum atomic E-state index is 13.0. The van der Waals surface area contributed by atoms with Crippen molar-refractivity contribution in [1.82, 2.24) is 9.88 Å². The SMILES string of the molecule is CCN1C(=O)/C(=C/c2ccc(OCc3ccc(Cl)cc3)cc2)S/C1=N/c1nc(-c2ccccc2)cs1. The van der Waals surface area contributed by atoms with Gasteiger partial charge < -0.3 is 4.74 Å². The van der Waals surface area contributed by atoms with Crippen molar-refractivity contribution < 1.29 is 9.53 Å². The second-order valence-electron chi connectivity index (χ2n) is 7.92. The smallest absolute Gasteiger partial charge is 0.266 e.